The van der Waals surface area contributed by atoms with E-state index in [0.29, 0.717) is 6.42 Å². The fraction of sp³-hybridized carbons (Fsp3) is 0.286. The molecular formula is C21H27FN2O. The van der Waals surface area contributed by atoms with Crippen molar-refractivity contribution < 1.29 is 9.18 Å². The molecule has 2 aromatic rings. The number of halogens is 1. The lowest BCUT2D eigenvalue weighted by molar-refractivity contribution is -0.119. The van der Waals surface area contributed by atoms with Gasteiger partial charge in [0.1, 0.15) is 5.82 Å². The van der Waals surface area contributed by atoms with Gasteiger partial charge in [0.05, 0.1) is 6.42 Å². The summed E-state index contributed by atoms with van der Waals surface area (Å²) >= 11 is 0. The van der Waals surface area contributed by atoms with Gasteiger partial charge in [0, 0.05) is 13.6 Å². The van der Waals surface area contributed by atoms with Gasteiger partial charge in [-0.15, -0.1) is 0 Å². The minimum absolute atomic E-state index is 0.0680. The lowest BCUT2D eigenvalue weighted by atomic mass is 10.1. The van der Waals surface area contributed by atoms with E-state index in [0.717, 1.165) is 12.1 Å². The Labute approximate surface area is 150 Å². The van der Waals surface area contributed by atoms with Gasteiger partial charge in [-0.05, 0) is 43.1 Å². The van der Waals surface area contributed by atoms with Crippen molar-refractivity contribution in [1.82, 2.24) is 10.6 Å². The van der Waals surface area contributed by atoms with Crippen LogP contribution < -0.4 is 10.6 Å². The van der Waals surface area contributed by atoms with Crippen molar-refractivity contribution in [2.75, 3.05) is 14.1 Å². The second-order valence-electron chi connectivity index (χ2n) is 5.74. The molecule has 2 aromatic carbocycles. The Balaban J connectivity index is 0.000000210. The largest absolute Gasteiger partial charge is 0.359 e. The van der Waals surface area contributed by atoms with E-state index in [1.165, 1.54) is 36.1 Å². The number of nitrogens with one attached hydrogen (secondary N) is 2. The monoisotopic (exact) mass is 342 g/mol. The van der Waals surface area contributed by atoms with Crippen LogP contribution in [0.5, 0.6) is 0 Å². The molecule has 0 radical (unpaired) electrons. The van der Waals surface area contributed by atoms with Gasteiger partial charge in [0.15, 0.2) is 0 Å². The van der Waals surface area contributed by atoms with E-state index in [-0.39, 0.29) is 11.7 Å². The van der Waals surface area contributed by atoms with E-state index in [1.54, 1.807) is 19.2 Å². The van der Waals surface area contributed by atoms with E-state index >= 15 is 0 Å². The number of rotatable bonds is 4. The van der Waals surface area contributed by atoms with Crippen LogP contribution in [0, 0.1) is 5.82 Å². The van der Waals surface area contributed by atoms with Gasteiger partial charge < -0.3 is 10.6 Å². The van der Waals surface area contributed by atoms with Crippen LogP contribution in [0.3, 0.4) is 0 Å². The van der Waals surface area contributed by atoms with Gasteiger partial charge in [-0.2, -0.15) is 0 Å². The molecule has 3 rings (SSSR count). The smallest absolute Gasteiger partial charge is 0.224 e. The van der Waals surface area contributed by atoms with Gasteiger partial charge in [-0.1, -0.05) is 54.6 Å². The van der Waals surface area contributed by atoms with Gasteiger partial charge in [-0.25, -0.2) is 4.39 Å². The third-order valence-electron chi connectivity index (χ3n) is 3.38. The highest BCUT2D eigenvalue weighted by atomic mass is 19.1. The first-order valence-electron chi connectivity index (χ1n) is 8.35. The summed E-state index contributed by atoms with van der Waals surface area (Å²) in [5, 5.41) is 5.58. The number of likely N-dealkylation sites (N-methyl/N-ethyl adjacent to an activating group) is 1. The molecule has 1 saturated carbocycles. The normalized spacial score (nSPS) is 11.4. The van der Waals surface area contributed by atoms with Crippen molar-refractivity contribution in [3.8, 4) is 0 Å². The molecule has 2 N–H and O–H groups in total. The van der Waals surface area contributed by atoms with Crippen molar-refractivity contribution in [1.29, 1.82) is 0 Å². The number of benzene rings is 2. The summed E-state index contributed by atoms with van der Waals surface area (Å²) in [5.74, 6) is -0.350. The predicted octanol–water partition coefficient (Wildman–Crippen LogP) is 3.86. The Morgan fingerprint density at radius 1 is 1.00 bits per heavy atom. The van der Waals surface area contributed by atoms with E-state index < -0.39 is 0 Å². The zero-order valence-corrected chi connectivity index (χ0v) is 15.0. The highest BCUT2D eigenvalue weighted by Gasteiger charge is 2.04. The highest BCUT2D eigenvalue weighted by molar-refractivity contribution is 5.78. The fourth-order valence-corrected chi connectivity index (χ4v) is 1.76. The zero-order chi connectivity index (χ0) is 18.5. The second-order valence-corrected chi connectivity index (χ2v) is 5.74. The summed E-state index contributed by atoms with van der Waals surface area (Å²) in [7, 11) is 3.53. The first kappa shape index (κ1) is 20.6. The second kappa shape index (κ2) is 12.0. The fourth-order valence-electron chi connectivity index (χ4n) is 1.76. The lowest BCUT2D eigenvalue weighted by Crippen LogP contribution is -2.19. The van der Waals surface area contributed by atoms with E-state index in [4.69, 9.17) is 0 Å². The molecule has 25 heavy (non-hydrogen) atoms. The third kappa shape index (κ3) is 10.8. The number of hydrogen-bond acceptors (Lipinski definition) is 2. The molecule has 134 valence electrons. The minimum Gasteiger partial charge on any atom is -0.359 e. The molecule has 0 bridgehead atoms. The number of allylic oxidation sites excluding steroid dienone is 1. The standard InChI is InChI=1S/C9H10FNO.C8H11N.C4H6/c1-11-9(12)6-7-2-4-8(10)5-3-7;1-9-7-8-5-3-2-4-6-8;1-4-2-3-4/h2-5H,6H2,1H3,(H,11,12);2-6,9H,7H2,1H3;1-3H2. The first-order chi connectivity index (χ1) is 12.0. The number of hydrogen-bond donors (Lipinski definition) is 2. The summed E-state index contributed by atoms with van der Waals surface area (Å²) in [5.41, 5.74) is 3.57. The molecular weight excluding hydrogens is 315 g/mol. The Hall–Kier alpha value is -2.46. The van der Waals surface area contributed by atoms with Crippen LogP contribution in [-0.2, 0) is 17.8 Å². The average Bonchev–Trinajstić information content (AvgIpc) is 3.41. The maximum absolute atomic E-state index is 12.4. The van der Waals surface area contributed by atoms with Gasteiger partial charge in [-0.3, -0.25) is 4.79 Å². The molecule has 0 aromatic heterocycles. The Morgan fingerprint density at radius 2 is 1.56 bits per heavy atom. The quantitative estimate of drug-likeness (QED) is 0.829. The molecule has 0 atom stereocenters. The van der Waals surface area contributed by atoms with Crippen LogP contribution in [0.2, 0.25) is 0 Å². The molecule has 3 nitrogen and oxygen atoms in total. The van der Waals surface area contributed by atoms with Gasteiger partial charge in [0.2, 0.25) is 5.91 Å². The van der Waals surface area contributed by atoms with Crippen LogP contribution >= 0.6 is 0 Å². The molecule has 1 fully saturated rings. The molecule has 1 amide bonds. The predicted molar refractivity (Wildman–Crippen MR) is 102 cm³/mol. The summed E-state index contributed by atoms with van der Waals surface area (Å²) < 4.78 is 12.4. The highest BCUT2D eigenvalue weighted by Crippen LogP contribution is 2.23. The number of amides is 1. The van der Waals surface area contributed by atoms with E-state index in [2.05, 4.69) is 29.3 Å². The third-order valence-corrected chi connectivity index (χ3v) is 3.38. The number of carbonyl (C=O) groups excluding carboxylic acids is 1. The molecule has 0 aliphatic heterocycles. The van der Waals surface area contributed by atoms with Crippen LogP contribution in [0.1, 0.15) is 24.0 Å². The molecule has 1 aliphatic rings. The van der Waals surface area contributed by atoms with E-state index in [1.807, 2.05) is 25.2 Å². The van der Waals surface area contributed by atoms with Crippen molar-refractivity contribution in [3.63, 3.8) is 0 Å². The molecule has 1 aliphatic carbocycles. The van der Waals surface area contributed by atoms with E-state index in [9.17, 15) is 9.18 Å². The van der Waals surface area contributed by atoms with Crippen molar-refractivity contribution in [3.05, 3.63) is 83.7 Å². The Morgan fingerprint density at radius 3 is 2.00 bits per heavy atom. The van der Waals surface area contributed by atoms with Crippen molar-refractivity contribution in [2.45, 2.75) is 25.8 Å². The molecule has 0 unspecified atom stereocenters. The maximum Gasteiger partial charge on any atom is 0.224 e. The van der Waals surface area contributed by atoms with Crippen LogP contribution in [0.4, 0.5) is 4.39 Å². The number of carbonyl (C=O) groups is 1. The molecule has 0 saturated heterocycles. The molecule has 4 heteroatoms. The summed E-state index contributed by atoms with van der Waals surface area (Å²) in [6.07, 6.45) is 2.89. The summed E-state index contributed by atoms with van der Waals surface area (Å²) in [4.78, 5) is 10.9. The minimum atomic E-state index is -0.282. The SMILES string of the molecule is C=C1CC1.CNC(=O)Cc1ccc(F)cc1.CNCc1ccccc1. The van der Waals surface area contributed by atoms with Gasteiger partial charge >= 0.3 is 0 Å². The van der Waals surface area contributed by atoms with Gasteiger partial charge in [0.25, 0.3) is 0 Å². The van der Waals surface area contributed by atoms with Crippen LogP contribution in [0.25, 0.3) is 0 Å². The molecule has 0 spiro atoms. The summed E-state index contributed by atoms with van der Waals surface area (Å²) in [6, 6.07) is 16.2. The molecule has 0 heterocycles. The zero-order valence-electron chi connectivity index (χ0n) is 15.0. The first-order valence-corrected chi connectivity index (χ1v) is 8.35. The lowest BCUT2D eigenvalue weighted by Gasteiger charge is -1.98. The average molecular weight is 342 g/mol. The Kier molecular flexibility index (Phi) is 9.87. The Bertz CT molecular complexity index is 633. The van der Waals surface area contributed by atoms with Crippen LogP contribution in [-0.4, -0.2) is 20.0 Å². The topological polar surface area (TPSA) is 41.1 Å². The summed E-state index contributed by atoms with van der Waals surface area (Å²) in [6.45, 7) is 4.63. The maximum atomic E-state index is 12.4. The van der Waals surface area contributed by atoms with Crippen molar-refractivity contribution >= 4 is 5.91 Å². The van der Waals surface area contributed by atoms with Crippen molar-refractivity contribution in [2.24, 2.45) is 0 Å². The van der Waals surface area contributed by atoms with Crippen LogP contribution in [0.15, 0.2) is 66.7 Å².